The number of sulfone groups is 1. The number of hydrogen-bond acceptors (Lipinski definition) is 7. The number of hydrogen-bond donors (Lipinski definition) is 4. The third-order valence-corrected chi connectivity index (χ3v) is 4.83. The number of benzene rings is 2. The minimum absolute atomic E-state index is 0.207. The number of carboxylic acids is 1. The van der Waals surface area contributed by atoms with E-state index in [-0.39, 0.29) is 4.90 Å². The summed E-state index contributed by atoms with van der Waals surface area (Å²) in [6.45, 7) is 0. The molecular weight excluding hydrogens is 370 g/mol. The molecule has 0 bridgehead atoms. The second-order valence-corrected chi connectivity index (χ2v) is 7.86. The van der Waals surface area contributed by atoms with Crippen LogP contribution in [-0.4, -0.2) is 38.0 Å². The van der Waals surface area contributed by atoms with Crippen molar-refractivity contribution >= 4 is 15.8 Å². The van der Waals surface area contributed by atoms with Crippen LogP contribution < -0.4 is 21.1 Å². The standard InChI is InChI=1S/C18H17N3O5S/c1-27(24,25)15-7-3-5-13(11-15)9-8-12-4-2-6-14(10-12)26-17-16(18(22)23)19-21-20-17/h2-7,10-11,16-17,19-21H,1H3,(H,22,23). The average Bonchev–Trinajstić information content (AvgIpc) is 3.08. The van der Waals surface area contributed by atoms with E-state index in [1.54, 1.807) is 36.4 Å². The Hall–Kier alpha value is -2.90. The number of carboxylic acid groups (broad SMARTS) is 1. The Morgan fingerprint density at radius 2 is 1.74 bits per heavy atom. The molecule has 27 heavy (non-hydrogen) atoms. The Balaban J connectivity index is 1.78. The van der Waals surface area contributed by atoms with E-state index in [1.807, 2.05) is 0 Å². The normalized spacial score (nSPS) is 19.1. The van der Waals surface area contributed by atoms with Gasteiger partial charge in [-0.05, 0) is 36.4 Å². The van der Waals surface area contributed by atoms with Crippen molar-refractivity contribution in [3.8, 4) is 17.6 Å². The molecule has 0 aliphatic carbocycles. The van der Waals surface area contributed by atoms with Crippen LogP contribution in [0.15, 0.2) is 53.4 Å². The number of hydrazine groups is 2. The summed E-state index contributed by atoms with van der Waals surface area (Å²) >= 11 is 0. The summed E-state index contributed by atoms with van der Waals surface area (Å²) < 4.78 is 28.9. The van der Waals surface area contributed by atoms with Crippen LogP contribution in [0, 0.1) is 11.8 Å². The Labute approximate surface area is 156 Å². The van der Waals surface area contributed by atoms with Gasteiger partial charge in [0.1, 0.15) is 5.75 Å². The van der Waals surface area contributed by atoms with E-state index in [4.69, 9.17) is 9.84 Å². The Morgan fingerprint density at radius 3 is 2.41 bits per heavy atom. The number of ether oxygens (including phenoxy) is 1. The van der Waals surface area contributed by atoms with Crippen LogP contribution in [0.2, 0.25) is 0 Å². The molecule has 1 aliphatic heterocycles. The van der Waals surface area contributed by atoms with Gasteiger partial charge in [0.2, 0.25) is 0 Å². The summed E-state index contributed by atoms with van der Waals surface area (Å²) in [5, 5.41) is 9.12. The van der Waals surface area contributed by atoms with Crippen LogP contribution in [0.5, 0.6) is 5.75 Å². The molecule has 8 nitrogen and oxygen atoms in total. The molecule has 1 heterocycles. The maximum absolute atomic E-state index is 11.6. The monoisotopic (exact) mass is 387 g/mol. The van der Waals surface area contributed by atoms with Crippen LogP contribution >= 0.6 is 0 Å². The molecule has 1 saturated heterocycles. The smallest absolute Gasteiger partial charge is 0.327 e. The third-order valence-electron chi connectivity index (χ3n) is 3.72. The molecule has 0 amide bonds. The Bertz CT molecular complexity index is 1030. The average molecular weight is 387 g/mol. The highest BCUT2D eigenvalue weighted by Crippen LogP contribution is 2.16. The summed E-state index contributed by atoms with van der Waals surface area (Å²) in [6.07, 6.45) is 0.350. The van der Waals surface area contributed by atoms with E-state index in [0.717, 1.165) is 6.26 Å². The second-order valence-electron chi connectivity index (χ2n) is 5.85. The molecule has 2 unspecified atom stereocenters. The first kappa shape index (κ1) is 18.9. The fraction of sp³-hybridized carbons (Fsp3) is 0.167. The molecule has 2 aromatic carbocycles. The number of nitrogens with one attached hydrogen (secondary N) is 3. The molecule has 140 valence electrons. The molecule has 0 spiro atoms. The molecule has 2 aromatic rings. The number of rotatable bonds is 4. The molecule has 3 rings (SSSR count). The van der Waals surface area contributed by atoms with Gasteiger partial charge < -0.3 is 9.84 Å². The van der Waals surface area contributed by atoms with E-state index in [2.05, 4.69) is 28.2 Å². The lowest BCUT2D eigenvalue weighted by Crippen LogP contribution is -2.44. The van der Waals surface area contributed by atoms with Gasteiger partial charge >= 0.3 is 5.97 Å². The lowest BCUT2D eigenvalue weighted by atomic mass is 10.2. The summed E-state index contributed by atoms with van der Waals surface area (Å²) in [6, 6.07) is 12.3. The highest BCUT2D eigenvalue weighted by atomic mass is 32.2. The highest BCUT2D eigenvalue weighted by molar-refractivity contribution is 7.90. The van der Waals surface area contributed by atoms with Gasteiger partial charge in [-0.1, -0.05) is 24.0 Å². The van der Waals surface area contributed by atoms with Gasteiger partial charge in [0.05, 0.1) is 4.90 Å². The van der Waals surface area contributed by atoms with Gasteiger partial charge in [0, 0.05) is 17.4 Å². The molecule has 9 heteroatoms. The molecule has 4 N–H and O–H groups in total. The largest absolute Gasteiger partial charge is 0.480 e. The zero-order chi connectivity index (χ0) is 19.4. The maximum Gasteiger partial charge on any atom is 0.327 e. The van der Waals surface area contributed by atoms with Crippen molar-refractivity contribution < 1.29 is 23.1 Å². The Kier molecular flexibility index (Phi) is 5.43. The molecule has 1 aliphatic rings. The van der Waals surface area contributed by atoms with Gasteiger partial charge in [-0.15, -0.1) is 0 Å². The van der Waals surface area contributed by atoms with E-state index in [0.29, 0.717) is 16.9 Å². The van der Waals surface area contributed by atoms with Crippen LogP contribution in [0.1, 0.15) is 11.1 Å². The first-order valence-corrected chi connectivity index (χ1v) is 9.80. The van der Waals surface area contributed by atoms with Crippen molar-refractivity contribution in [3.63, 3.8) is 0 Å². The molecule has 0 saturated carbocycles. The molecule has 0 radical (unpaired) electrons. The summed E-state index contributed by atoms with van der Waals surface area (Å²) in [5.74, 6) is 5.25. The predicted molar refractivity (Wildman–Crippen MR) is 97.2 cm³/mol. The number of carbonyl (C=O) groups is 1. The third kappa shape index (κ3) is 4.84. The number of aliphatic carboxylic acids is 1. The van der Waals surface area contributed by atoms with Gasteiger partial charge in [0.25, 0.3) is 0 Å². The van der Waals surface area contributed by atoms with Crippen molar-refractivity contribution in [1.29, 1.82) is 0 Å². The van der Waals surface area contributed by atoms with Crippen LogP contribution in [-0.2, 0) is 14.6 Å². The predicted octanol–water partition coefficient (Wildman–Crippen LogP) is 0.260. The fourth-order valence-electron chi connectivity index (χ4n) is 2.38. The van der Waals surface area contributed by atoms with Gasteiger partial charge in [-0.25, -0.2) is 19.3 Å². The van der Waals surface area contributed by atoms with Crippen LogP contribution in [0.3, 0.4) is 0 Å². The summed E-state index contributed by atoms with van der Waals surface area (Å²) in [4.78, 5) is 11.3. The first-order valence-electron chi connectivity index (χ1n) is 7.91. The zero-order valence-electron chi connectivity index (χ0n) is 14.3. The molecular formula is C18H17N3O5S. The van der Waals surface area contributed by atoms with Gasteiger partial charge in [-0.2, -0.15) is 5.53 Å². The van der Waals surface area contributed by atoms with Gasteiger partial charge in [0.15, 0.2) is 22.1 Å². The van der Waals surface area contributed by atoms with Crippen molar-refractivity contribution in [3.05, 3.63) is 59.7 Å². The quantitative estimate of drug-likeness (QED) is 0.552. The summed E-state index contributed by atoms with van der Waals surface area (Å²) in [7, 11) is -3.30. The lowest BCUT2D eigenvalue weighted by Gasteiger charge is -2.16. The van der Waals surface area contributed by atoms with Crippen molar-refractivity contribution in [2.24, 2.45) is 0 Å². The zero-order valence-corrected chi connectivity index (χ0v) is 15.1. The highest BCUT2D eigenvalue weighted by Gasteiger charge is 2.34. The van der Waals surface area contributed by atoms with Crippen molar-refractivity contribution in [1.82, 2.24) is 16.4 Å². The van der Waals surface area contributed by atoms with Gasteiger partial charge in [-0.3, -0.25) is 4.79 Å². The molecule has 2 atom stereocenters. The SMILES string of the molecule is CS(=O)(=O)c1cccc(C#Cc2cccc(OC3NNNC3C(=O)O)c2)c1. The summed E-state index contributed by atoms with van der Waals surface area (Å²) in [5.41, 5.74) is 8.95. The fourth-order valence-corrected chi connectivity index (χ4v) is 3.05. The van der Waals surface area contributed by atoms with Crippen LogP contribution in [0.4, 0.5) is 0 Å². The van der Waals surface area contributed by atoms with Crippen molar-refractivity contribution in [2.75, 3.05) is 6.26 Å². The molecule has 1 fully saturated rings. The van der Waals surface area contributed by atoms with Crippen LogP contribution in [0.25, 0.3) is 0 Å². The minimum atomic E-state index is -3.30. The van der Waals surface area contributed by atoms with E-state index in [1.165, 1.54) is 12.1 Å². The lowest BCUT2D eigenvalue weighted by molar-refractivity contribution is -0.141. The first-order chi connectivity index (χ1) is 12.8. The topological polar surface area (TPSA) is 117 Å². The maximum atomic E-state index is 11.6. The van der Waals surface area contributed by atoms with E-state index in [9.17, 15) is 13.2 Å². The second kappa shape index (κ2) is 7.77. The van der Waals surface area contributed by atoms with Crippen molar-refractivity contribution in [2.45, 2.75) is 17.2 Å². The van der Waals surface area contributed by atoms with E-state index >= 15 is 0 Å². The Morgan fingerprint density at radius 1 is 1.07 bits per heavy atom. The van der Waals surface area contributed by atoms with E-state index < -0.39 is 28.1 Å². The molecule has 0 aromatic heterocycles. The minimum Gasteiger partial charge on any atom is -0.480 e.